The molecule has 1 aliphatic heterocycles. The van der Waals surface area contributed by atoms with Crippen LogP contribution in [0.2, 0.25) is 0 Å². The van der Waals surface area contributed by atoms with E-state index in [2.05, 4.69) is 5.32 Å². The quantitative estimate of drug-likeness (QED) is 0.805. The SMILES string of the molecule is O=C(CCCN1C(=O)CCN(Cc2cccc(F)c2F)C1=O)NC1CC1. The van der Waals surface area contributed by atoms with Gasteiger partial charge >= 0.3 is 6.03 Å². The van der Waals surface area contributed by atoms with E-state index in [9.17, 15) is 23.2 Å². The molecular formula is C18H21F2N3O3. The highest BCUT2D eigenvalue weighted by molar-refractivity contribution is 5.96. The minimum Gasteiger partial charge on any atom is -0.353 e. The van der Waals surface area contributed by atoms with Gasteiger partial charge in [-0.1, -0.05) is 12.1 Å². The number of urea groups is 1. The average Bonchev–Trinajstić information content (AvgIpc) is 3.41. The lowest BCUT2D eigenvalue weighted by atomic mass is 10.1. The molecule has 1 aliphatic carbocycles. The van der Waals surface area contributed by atoms with Crippen LogP contribution in [0.1, 0.15) is 37.7 Å². The van der Waals surface area contributed by atoms with E-state index in [1.54, 1.807) is 0 Å². The first-order valence-corrected chi connectivity index (χ1v) is 8.77. The van der Waals surface area contributed by atoms with E-state index in [0.29, 0.717) is 6.42 Å². The van der Waals surface area contributed by atoms with Crippen LogP contribution in [0, 0.1) is 11.6 Å². The molecule has 4 amide bonds. The second kappa shape index (κ2) is 7.80. The van der Waals surface area contributed by atoms with Crippen molar-refractivity contribution in [3.63, 3.8) is 0 Å². The number of carbonyl (C=O) groups excluding carboxylic acids is 3. The molecule has 1 saturated heterocycles. The molecule has 1 saturated carbocycles. The van der Waals surface area contributed by atoms with Gasteiger partial charge in [0, 0.05) is 37.5 Å². The van der Waals surface area contributed by atoms with Crippen LogP contribution in [0.4, 0.5) is 13.6 Å². The number of nitrogens with zero attached hydrogens (tertiary/aromatic N) is 2. The first kappa shape index (κ1) is 18.3. The second-order valence-electron chi connectivity index (χ2n) is 6.66. The Kier molecular flexibility index (Phi) is 5.49. The lowest BCUT2D eigenvalue weighted by Gasteiger charge is -2.34. The van der Waals surface area contributed by atoms with Crippen molar-refractivity contribution in [2.45, 2.75) is 44.7 Å². The normalized spacial score (nSPS) is 17.6. The lowest BCUT2D eigenvalue weighted by molar-refractivity contribution is -0.131. The zero-order valence-electron chi connectivity index (χ0n) is 14.3. The average molecular weight is 365 g/mol. The minimum atomic E-state index is -0.986. The van der Waals surface area contributed by atoms with Crippen LogP contribution in [0.25, 0.3) is 0 Å². The van der Waals surface area contributed by atoms with E-state index in [-0.39, 0.29) is 55.9 Å². The third kappa shape index (κ3) is 4.36. The molecule has 0 aromatic heterocycles. The Hall–Kier alpha value is -2.51. The topological polar surface area (TPSA) is 69.7 Å². The van der Waals surface area contributed by atoms with Gasteiger partial charge in [0.15, 0.2) is 11.6 Å². The molecule has 0 unspecified atom stereocenters. The number of nitrogens with one attached hydrogen (secondary N) is 1. The molecule has 3 rings (SSSR count). The Morgan fingerprint density at radius 1 is 1.23 bits per heavy atom. The Morgan fingerprint density at radius 2 is 2.00 bits per heavy atom. The number of hydrogen-bond acceptors (Lipinski definition) is 3. The monoisotopic (exact) mass is 365 g/mol. The van der Waals surface area contributed by atoms with Gasteiger partial charge in [-0.15, -0.1) is 0 Å². The molecule has 0 bridgehead atoms. The molecule has 1 heterocycles. The van der Waals surface area contributed by atoms with E-state index in [0.717, 1.165) is 23.8 Å². The van der Waals surface area contributed by atoms with Crippen LogP contribution < -0.4 is 5.32 Å². The first-order chi connectivity index (χ1) is 12.5. The fraction of sp³-hybridized carbons (Fsp3) is 0.500. The van der Waals surface area contributed by atoms with Crippen molar-refractivity contribution >= 4 is 17.8 Å². The molecule has 0 radical (unpaired) electrons. The molecule has 0 spiro atoms. The summed E-state index contributed by atoms with van der Waals surface area (Å²) in [5, 5.41) is 2.85. The zero-order chi connectivity index (χ0) is 18.7. The van der Waals surface area contributed by atoms with Crippen LogP contribution in [-0.4, -0.2) is 46.8 Å². The maximum absolute atomic E-state index is 13.8. The molecular weight excluding hydrogens is 344 g/mol. The maximum Gasteiger partial charge on any atom is 0.327 e. The molecule has 26 heavy (non-hydrogen) atoms. The molecule has 1 aromatic carbocycles. The highest BCUT2D eigenvalue weighted by Gasteiger charge is 2.32. The summed E-state index contributed by atoms with van der Waals surface area (Å²) in [5.74, 6) is -2.35. The number of imide groups is 1. The number of halogens is 2. The fourth-order valence-electron chi connectivity index (χ4n) is 2.91. The number of carbonyl (C=O) groups is 3. The Morgan fingerprint density at radius 3 is 2.73 bits per heavy atom. The molecule has 1 aromatic rings. The zero-order valence-corrected chi connectivity index (χ0v) is 14.3. The van der Waals surface area contributed by atoms with Crippen molar-refractivity contribution in [2.75, 3.05) is 13.1 Å². The Balaban J connectivity index is 1.56. The first-order valence-electron chi connectivity index (χ1n) is 8.77. The van der Waals surface area contributed by atoms with E-state index in [1.165, 1.54) is 17.0 Å². The van der Waals surface area contributed by atoms with Crippen molar-refractivity contribution < 1.29 is 23.2 Å². The fourth-order valence-corrected chi connectivity index (χ4v) is 2.91. The Labute approximate surface area is 150 Å². The van der Waals surface area contributed by atoms with E-state index in [4.69, 9.17) is 0 Å². The smallest absolute Gasteiger partial charge is 0.327 e. The van der Waals surface area contributed by atoms with Gasteiger partial charge in [-0.2, -0.15) is 0 Å². The standard InChI is InChI=1S/C18H21F2N3O3/c19-14-4-1-3-12(17(14)20)11-22-10-8-16(25)23(18(22)26)9-2-5-15(24)21-13-6-7-13/h1,3-4,13H,2,5-11H2,(H,21,24). The minimum absolute atomic E-state index is 0.0662. The predicted molar refractivity (Wildman–Crippen MR) is 88.9 cm³/mol. The highest BCUT2D eigenvalue weighted by atomic mass is 19.2. The van der Waals surface area contributed by atoms with Gasteiger partial charge in [0.05, 0.1) is 6.54 Å². The van der Waals surface area contributed by atoms with E-state index >= 15 is 0 Å². The van der Waals surface area contributed by atoms with Gasteiger partial charge in [0.2, 0.25) is 11.8 Å². The summed E-state index contributed by atoms with van der Waals surface area (Å²) in [6, 6.07) is 3.54. The third-order valence-electron chi connectivity index (χ3n) is 4.52. The van der Waals surface area contributed by atoms with Gasteiger partial charge < -0.3 is 10.2 Å². The van der Waals surface area contributed by atoms with Crippen LogP contribution in [0.15, 0.2) is 18.2 Å². The number of amides is 4. The van der Waals surface area contributed by atoms with E-state index in [1.807, 2.05) is 0 Å². The Bertz CT molecular complexity index is 722. The second-order valence-corrected chi connectivity index (χ2v) is 6.66. The molecule has 8 heteroatoms. The molecule has 2 aliphatic rings. The summed E-state index contributed by atoms with van der Waals surface area (Å²) >= 11 is 0. The molecule has 2 fully saturated rings. The summed E-state index contributed by atoms with van der Waals surface area (Å²) < 4.78 is 27.1. The summed E-state index contributed by atoms with van der Waals surface area (Å²) in [6.45, 7) is 0.193. The van der Waals surface area contributed by atoms with Crippen LogP contribution in [-0.2, 0) is 16.1 Å². The highest BCUT2D eigenvalue weighted by Crippen LogP contribution is 2.20. The van der Waals surface area contributed by atoms with Crippen molar-refractivity contribution in [1.29, 1.82) is 0 Å². The number of hydrogen-bond donors (Lipinski definition) is 1. The summed E-state index contributed by atoms with van der Waals surface area (Å²) in [7, 11) is 0. The van der Waals surface area contributed by atoms with Gasteiger partial charge in [0.1, 0.15) is 0 Å². The number of benzene rings is 1. The lowest BCUT2D eigenvalue weighted by Crippen LogP contribution is -2.52. The van der Waals surface area contributed by atoms with Gasteiger partial charge in [0.25, 0.3) is 0 Å². The molecule has 0 atom stereocenters. The van der Waals surface area contributed by atoms with Crippen LogP contribution in [0.3, 0.4) is 0 Å². The molecule has 6 nitrogen and oxygen atoms in total. The van der Waals surface area contributed by atoms with Gasteiger partial charge in [-0.05, 0) is 25.3 Å². The maximum atomic E-state index is 13.8. The van der Waals surface area contributed by atoms with Crippen LogP contribution in [0.5, 0.6) is 0 Å². The van der Waals surface area contributed by atoms with Crippen molar-refractivity contribution in [3.8, 4) is 0 Å². The third-order valence-corrected chi connectivity index (χ3v) is 4.52. The van der Waals surface area contributed by atoms with E-state index < -0.39 is 17.7 Å². The summed E-state index contributed by atoms with van der Waals surface area (Å²) in [5.41, 5.74) is 0.0662. The summed E-state index contributed by atoms with van der Waals surface area (Å²) in [4.78, 5) is 38.6. The van der Waals surface area contributed by atoms with Crippen molar-refractivity contribution in [1.82, 2.24) is 15.1 Å². The largest absolute Gasteiger partial charge is 0.353 e. The predicted octanol–water partition coefficient (Wildman–Crippen LogP) is 2.18. The van der Waals surface area contributed by atoms with Crippen molar-refractivity contribution in [3.05, 3.63) is 35.4 Å². The summed E-state index contributed by atoms with van der Waals surface area (Å²) in [6.07, 6.45) is 2.74. The van der Waals surface area contributed by atoms with Crippen LogP contribution >= 0.6 is 0 Å². The molecule has 140 valence electrons. The van der Waals surface area contributed by atoms with Gasteiger partial charge in [-0.3, -0.25) is 14.5 Å². The number of rotatable bonds is 7. The molecule has 1 N–H and O–H groups in total. The van der Waals surface area contributed by atoms with Crippen molar-refractivity contribution in [2.24, 2.45) is 0 Å². The van der Waals surface area contributed by atoms with Gasteiger partial charge in [-0.25, -0.2) is 13.6 Å².